The molecule has 0 radical (unpaired) electrons. The average molecular weight is 698 g/mol. The maximum absolute atomic E-state index is 12.7. The molecule has 0 bridgehead atoms. The van der Waals surface area contributed by atoms with Crippen LogP contribution in [0.2, 0.25) is 0 Å². The van der Waals surface area contributed by atoms with E-state index in [0.29, 0.717) is 64.0 Å². The predicted molar refractivity (Wildman–Crippen MR) is 178 cm³/mol. The largest absolute Gasteiger partial charge is 0.508 e. The van der Waals surface area contributed by atoms with Crippen molar-refractivity contribution in [1.82, 2.24) is 15.6 Å². The highest BCUT2D eigenvalue weighted by Gasteiger charge is 2.41. The van der Waals surface area contributed by atoms with Crippen LogP contribution in [0.4, 0.5) is 4.79 Å². The normalized spacial score (nSPS) is 26.7. The first-order chi connectivity index (χ1) is 23.9. The molecule has 7 unspecified atom stereocenters. The van der Waals surface area contributed by atoms with Crippen molar-refractivity contribution in [2.45, 2.75) is 82.8 Å². The first kappa shape index (κ1) is 39.8. The maximum atomic E-state index is 12.7. The molecule has 3 fully saturated rings. The molecule has 280 valence electrons. The van der Waals surface area contributed by atoms with Gasteiger partial charge in [-0.2, -0.15) is 0 Å². The summed E-state index contributed by atoms with van der Waals surface area (Å²) in [5.41, 5.74) is 2.08. The number of rotatable bonds is 21. The Kier molecular flexibility index (Phi) is 18.0. The lowest BCUT2D eigenvalue weighted by Gasteiger charge is -2.46. The topological polar surface area (TPSA) is 150 Å². The van der Waals surface area contributed by atoms with Crippen LogP contribution in [0.1, 0.15) is 63.0 Å². The lowest BCUT2D eigenvalue weighted by molar-refractivity contribution is -0.492. The van der Waals surface area contributed by atoms with Gasteiger partial charge in [0, 0.05) is 77.4 Å². The molecular formula is C35H59N3O11. The predicted octanol–water partition coefficient (Wildman–Crippen LogP) is 3.78. The lowest BCUT2D eigenvalue weighted by atomic mass is 9.82. The second-order valence-corrected chi connectivity index (χ2v) is 13.3. The van der Waals surface area contributed by atoms with E-state index in [0.717, 1.165) is 63.1 Å². The second-order valence-electron chi connectivity index (χ2n) is 13.3. The Morgan fingerprint density at radius 1 is 1.06 bits per heavy atom. The average Bonchev–Trinajstić information content (AvgIpc) is 3.10. The Bertz CT molecular complexity index is 1050. The van der Waals surface area contributed by atoms with Gasteiger partial charge >= 0.3 is 6.16 Å². The van der Waals surface area contributed by atoms with E-state index in [4.69, 9.17) is 43.6 Å². The van der Waals surface area contributed by atoms with E-state index in [-0.39, 0.29) is 43.2 Å². The molecule has 1 saturated carbocycles. The standard InChI is InChI=1S/C35H59N3O11/c1-4-43-22-26(2)23-44-24-27-7-10-29(11-8-27)34-32(20-36-21-33(34)49-35(39)46-16-6-17-48-38(40)41)47-25-28-9-12-31-30(19-28)37(14-18-45-31)13-5-15-42-3/h7-8,10-11,26,28,30-34,36,40-41H,4-6,9,12-25H2,1-3H3. The fourth-order valence-electron chi connectivity index (χ4n) is 7.04. The van der Waals surface area contributed by atoms with Gasteiger partial charge in [0.2, 0.25) is 0 Å². The van der Waals surface area contributed by atoms with Crippen LogP contribution in [-0.2, 0) is 44.6 Å². The van der Waals surface area contributed by atoms with Crippen LogP contribution in [0.25, 0.3) is 0 Å². The zero-order valence-electron chi connectivity index (χ0n) is 29.5. The number of methoxy groups -OCH3 is 1. The third-order valence-electron chi connectivity index (χ3n) is 9.48. The van der Waals surface area contributed by atoms with Crippen LogP contribution >= 0.6 is 0 Å². The number of hydrogen-bond acceptors (Lipinski definition) is 14. The van der Waals surface area contributed by atoms with Crippen molar-refractivity contribution in [3.05, 3.63) is 35.4 Å². The number of carbonyl (C=O) groups is 1. The Morgan fingerprint density at radius 3 is 2.63 bits per heavy atom. The van der Waals surface area contributed by atoms with Crippen LogP contribution in [0.3, 0.4) is 0 Å². The van der Waals surface area contributed by atoms with Crippen molar-refractivity contribution in [2.24, 2.45) is 11.8 Å². The van der Waals surface area contributed by atoms with E-state index in [2.05, 4.69) is 46.2 Å². The van der Waals surface area contributed by atoms with Gasteiger partial charge in [-0.05, 0) is 49.7 Å². The van der Waals surface area contributed by atoms with E-state index in [1.807, 2.05) is 6.92 Å². The van der Waals surface area contributed by atoms with E-state index >= 15 is 0 Å². The summed E-state index contributed by atoms with van der Waals surface area (Å²) in [4.78, 5) is 19.8. The number of nitrogens with one attached hydrogen (secondary N) is 1. The van der Waals surface area contributed by atoms with Crippen LogP contribution in [0, 0.1) is 11.8 Å². The number of benzene rings is 1. The van der Waals surface area contributed by atoms with Gasteiger partial charge in [0.25, 0.3) is 0 Å². The third kappa shape index (κ3) is 13.6. The molecule has 14 nitrogen and oxygen atoms in total. The van der Waals surface area contributed by atoms with E-state index in [1.165, 1.54) is 0 Å². The summed E-state index contributed by atoms with van der Waals surface area (Å²) < 4.78 is 40.8. The van der Waals surface area contributed by atoms with Gasteiger partial charge in [-0.1, -0.05) is 31.2 Å². The minimum absolute atomic E-state index is 0.00530. The quantitative estimate of drug-likeness (QED) is 0.0972. The molecule has 14 heteroatoms. The number of piperidine rings is 1. The van der Waals surface area contributed by atoms with Crippen molar-refractivity contribution in [3.63, 3.8) is 0 Å². The van der Waals surface area contributed by atoms with Gasteiger partial charge in [-0.3, -0.25) is 20.2 Å². The maximum Gasteiger partial charge on any atom is 0.508 e. The summed E-state index contributed by atoms with van der Waals surface area (Å²) in [7, 11) is 1.75. The number of hydrogen-bond donors (Lipinski definition) is 3. The first-order valence-electron chi connectivity index (χ1n) is 17.9. The van der Waals surface area contributed by atoms with Crippen molar-refractivity contribution >= 4 is 6.16 Å². The molecule has 3 N–H and O–H groups in total. The Labute approximate surface area is 291 Å². The van der Waals surface area contributed by atoms with Crippen LogP contribution < -0.4 is 5.32 Å². The van der Waals surface area contributed by atoms with E-state index < -0.39 is 12.3 Å². The summed E-state index contributed by atoms with van der Waals surface area (Å²) in [5.74, 6) is 0.506. The molecule has 2 heterocycles. The SMILES string of the molecule is CCOCC(C)COCc1ccc(C2C(OCC3CCC4OCCN(CCCOC)C4C3)CNCC2OC(=O)OCCCON(O)O)cc1. The zero-order chi connectivity index (χ0) is 34.8. The van der Waals surface area contributed by atoms with Gasteiger partial charge in [0.15, 0.2) is 0 Å². The van der Waals surface area contributed by atoms with E-state index in [1.54, 1.807) is 7.11 Å². The van der Waals surface area contributed by atoms with Crippen LogP contribution in [0.15, 0.2) is 24.3 Å². The molecule has 0 aromatic heterocycles. The summed E-state index contributed by atoms with van der Waals surface area (Å²) >= 11 is 0. The summed E-state index contributed by atoms with van der Waals surface area (Å²) in [5, 5.41) is 20.4. The zero-order valence-corrected chi connectivity index (χ0v) is 29.5. The van der Waals surface area contributed by atoms with Gasteiger partial charge in [0.1, 0.15) is 6.10 Å². The molecule has 4 rings (SSSR count). The number of ether oxygens (including phenoxy) is 7. The number of carbonyl (C=O) groups excluding carboxylic acids is 1. The Hall–Kier alpha value is -1.95. The third-order valence-corrected chi connectivity index (χ3v) is 9.48. The van der Waals surface area contributed by atoms with Crippen LogP contribution in [0.5, 0.6) is 0 Å². The molecule has 1 aromatic carbocycles. The molecule has 7 atom stereocenters. The number of nitrogens with zero attached hydrogens (tertiary/aromatic N) is 2. The van der Waals surface area contributed by atoms with Gasteiger partial charge in [-0.25, -0.2) is 4.79 Å². The monoisotopic (exact) mass is 697 g/mol. The summed E-state index contributed by atoms with van der Waals surface area (Å²) in [6.07, 6.45) is 3.11. The molecule has 2 saturated heterocycles. The van der Waals surface area contributed by atoms with Crippen molar-refractivity contribution in [1.29, 1.82) is 0 Å². The molecule has 0 amide bonds. The lowest BCUT2D eigenvalue weighted by Crippen LogP contribution is -2.55. The fraction of sp³-hybridized carbons (Fsp3) is 0.800. The van der Waals surface area contributed by atoms with Crippen molar-refractivity contribution in [2.75, 3.05) is 86.1 Å². The number of morpholine rings is 1. The molecule has 1 aromatic rings. The molecule has 0 spiro atoms. The van der Waals surface area contributed by atoms with Crippen molar-refractivity contribution < 1.29 is 53.2 Å². The minimum atomic E-state index is -0.794. The fourth-order valence-corrected chi connectivity index (χ4v) is 7.04. The molecule has 49 heavy (non-hydrogen) atoms. The van der Waals surface area contributed by atoms with Gasteiger partial charge in [0.05, 0.1) is 57.2 Å². The minimum Gasteiger partial charge on any atom is -0.434 e. The molecule has 1 aliphatic carbocycles. The highest BCUT2D eigenvalue weighted by molar-refractivity contribution is 5.60. The van der Waals surface area contributed by atoms with Gasteiger partial charge in [-0.15, -0.1) is 0 Å². The second kappa shape index (κ2) is 22.1. The smallest absolute Gasteiger partial charge is 0.434 e. The molecule has 2 aliphatic heterocycles. The number of fused-ring (bicyclic) bond motifs is 1. The van der Waals surface area contributed by atoms with Crippen LogP contribution in [-0.4, -0.2) is 137 Å². The van der Waals surface area contributed by atoms with Crippen molar-refractivity contribution in [3.8, 4) is 0 Å². The molecule has 3 aliphatic rings. The Balaban J connectivity index is 1.38. The summed E-state index contributed by atoms with van der Waals surface area (Å²) in [6.45, 7) is 11.8. The summed E-state index contributed by atoms with van der Waals surface area (Å²) in [6, 6.07) is 8.66. The van der Waals surface area contributed by atoms with E-state index in [9.17, 15) is 4.79 Å². The Morgan fingerprint density at radius 2 is 1.86 bits per heavy atom. The van der Waals surface area contributed by atoms with Gasteiger partial charge < -0.3 is 38.5 Å². The highest BCUT2D eigenvalue weighted by atomic mass is 17.1. The first-order valence-corrected chi connectivity index (χ1v) is 17.9. The molecular weight excluding hydrogens is 638 g/mol. The highest BCUT2D eigenvalue weighted by Crippen LogP contribution is 2.35.